The highest BCUT2D eigenvalue weighted by Crippen LogP contribution is 2.21. The third kappa shape index (κ3) is 9.69. The van der Waals surface area contributed by atoms with Gasteiger partial charge in [-0.25, -0.2) is 0 Å². The largest absolute Gasteiger partial charge is 0.466 e. The Morgan fingerprint density at radius 2 is 2.00 bits per heavy atom. The van der Waals surface area contributed by atoms with Gasteiger partial charge >= 0.3 is 5.97 Å². The van der Waals surface area contributed by atoms with Crippen molar-refractivity contribution in [1.29, 1.82) is 0 Å². The molecule has 0 aromatic carbocycles. The topological polar surface area (TPSA) is 26.3 Å². The molecule has 0 radical (unpaired) electrons. The van der Waals surface area contributed by atoms with Crippen molar-refractivity contribution in [3.8, 4) is 0 Å². The normalized spacial score (nSPS) is 12.4. The van der Waals surface area contributed by atoms with Crippen LogP contribution in [0.25, 0.3) is 0 Å². The second-order valence-corrected chi connectivity index (χ2v) is 7.33. The van der Waals surface area contributed by atoms with Crippen molar-refractivity contribution in [2.24, 2.45) is 0 Å². The molecule has 0 bridgehead atoms. The van der Waals surface area contributed by atoms with Crippen molar-refractivity contribution in [2.45, 2.75) is 38.8 Å². The molecule has 0 unspecified atom stereocenters. The van der Waals surface area contributed by atoms with E-state index in [1.54, 1.807) is 0 Å². The van der Waals surface area contributed by atoms with E-state index in [4.69, 9.17) is 4.74 Å². The van der Waals surface area contributed by atoms with Crippen LogP contribution in [0.3, 0.4) is 0 Å². The molecule has 0 saturated heterocycles. The number of esters is 1. The molecule has 0 N–H and O–H groups in total. The zero-order valence-electron chi connectivity index (χ0n) is 7.94. The van der Waals surface area contributed by atoms with E-state index in [2.05, 4.69) is 20.8 Å². The summed E-state index contributed by atoms with van der Waals surface area (Å²) in [7, 11) is -0.0706. The molecule has 0 saturated carbocycles. The van der Waals surface area contributed by atoms with Gasteiger partial charge in [-0.05, 0) is 11.1 Å². The Labute approximate surface area is 71.1 Å². The molecule has 2 nitrogen and oxygen atoms in total. The fourth-order valence-electron chi connectivity index (χ4n) is 0.818. The van der Waals surface area contributed by atoms with Crippen molar-refractivity contribution in [3.63, 3.8) is 0 Å². The molecule has 0 heterocycles. The first-order chi connectivity index (χ1) is 4.92. The number of carbonyl (C=O) groups excluding carboxylic acids is 1. The van der Waals surface area contributed by atoms with Crippen LogP contribution in [0.15, 0.2) is 0 Å². The number of rotatable bonds is 3. The lowest BCUT2D eigenvalue weighted by molar-refractivity contribution is -0.140. The van der Waals surface area contributed by atoms with E-state index in [9.17, 15) is 4.79 Å². The molecule has 0 aliphatic rings. The third-order valence-corrected chi connectivity index (χ3v) is 3.52. The lowest BCUT2D eigenvalue weighted by Gasteiger charge is -2.16. The van der Waals surface area contributed by atoms with Crippen molar-refractivity contribution in [1.82, 2.24) is 0 Å². The minimum absolute atomic E-state index is 0.0706. The number of hydrogen-bond acceptors (Lipinski definition) is 2. The highest BCUT2D eigenvalue weighted by atomic mass is 28.2. The first-order valence-corrected chi connectivity index (χ1v) is 5.76. The highest BCUT2D eigenvalue weighted by molar-refractivity contribution is 6.39. The van der Waals surface area contributed by atoms with Gasteiger partial charge in [0.2, 0.25) is 0 Å². The summed E-state index contributed by atoms with van der Waals surface area (Å²) in [4.78, 5) is 10.4. The van der Waals surface area contributed by atoms with E-state index in [-0.39, 0.29) is 15.5 Å². The summed E-state index contributed by atoms with van der Waals surface area (Å²) in [6.07, 6.45) is 0. The molecule has 0 aliphatic carbocycles. The second-order valence-electron chi connectivity index (χ2n) is 4.00. The standard InChI is InChI=1S/C8H18O2Si/c1-7(9)10-5-6-11-8(2,3)4/h5-6,11H2,1-4H3. The molecule has 11 heavy (non-hydrogen) atoms. The summed E-state index contributed by atoms with van der Waals surface area (Å²) in [6.45, 7) is 8.81. The van der Waals surface area contributed by atoms with Crippen molar-refractivity contribution in [3.05, 3.63) is 0 Å². The summed E-state index contributed by atoms with van der Waals surface area (Å²) >= 11 is 0. The van der Waals surface area contributed by atoms with Crippen LogP contribution in [0.2, 0.25) is 11.1 Å². The van der Waals surface area contributed by atoms with E-state index >= 15 is 0 Å². The monoisotopic (exact) mass is 174 g/mol. The summed E-state index contributed by atoms with van der Waals surface area (Å²) in [5.74, 6) is -0.159. The minimum atomic E-state index is -0.159. The average Bonchev–Trinajstić information content (AvgIpc) is 1.78. The summed E-state index contributed by atoms with van der Waals surface area (Å²) in [6, 6.07) is 1.10. The molecule has 0 aromatic heterocycles. The van der Waals surface area contributed by atoms with Crippen LogP contribution in [0.1, 0.15) is 27.7 Å². The Bertz CT molecular complexity index is 127. The second kappa shape index (κ2) is 4.54. The molecule has 66 valence electrons. The first kappa shape index (κ1) is 10.7. The summed E-state index contributed by atoms with van der Waals surface area (Å²) in [5, 5.41) is 0.486. The van der Waals surface area contributed by atoms with Gasteiger partial charge in [0.15, 0.2) is 0 Å². The molecular weight excluding hydrogens is 156 g/mol. The number of ether oxygens (including phenoxy) is 1. The summed E-state index contributed by atoms with van der Waals surface area (Å²) in [5.41, 5.74) is 0. The van der Waals surface area contributed by atoms with E-state index in [1.165, 1.54) is 6.92 Å². The molecule has 0 spiro atoms. The van der Waals surface area contributed by atoms with Crippen molar-refractivity contribution < 1.29 is 9.53 Å². The van der Waals surface area contributed by atoms with Crippen LogP contribution < -0.4 is 0 Å². The highest BCUT2D eigenvalue weighted by Gasteiger charge is 2.09. The van der Waals surface area contributed by atoms with Crippen molar-refractivity contribution >= 4 is 15.5 Å². The molecular formula is C8H18O2Si. The smallest absolute Gasteiger partial charge is 0.302 e. The molecule has 3 heteroatoms. The zero-order valence-corrected chi connectivity index (χ0v) is 9.35. The third-order valence-electron chi connectivity index (χ3n) is 1.38. The molecule has 0 fully saturated rings. The van der Waals surface area contributed by atoms with Gasteiger partial charge in [0.25, 0.3) is 0 Å². The lowest BCUT2D eigenvalue weighted by Crippen LogP contribution is -2.11. The Kier molecular flexibility index (Phi) is 4.41. The Morgan fingerprint density at radius 3 is 2.36 bits per heavy atom. The Balaban J connectivity index is 3.22. The van der Waals surface area contributed by atoms with Crippen LogP contribution in [-0.4, -0.2) is 22.1 Å². The predicted molar refractivity (Wildman–Crippen MR) is 49.7 cm³/mol. The maximum atomic E-state index is 10.4. The molecule has 0 aromatic rings. The Hall–Kier alpha value is -0.313. The van der Waals surface area contributed by atoms with E-state index in [1.807, 2.05) is 0 Å². The van der Waals surface area contributed by atoms with Gasteiger partial charge in [-0.2, -0.15) is 0 Å². The zero-order chi connectivity index (χ0) is 8.91. The number of carbonyl (C=O) groups is 1. The van der Waals surface area contributed by atoms with Crippen LogP contribution in [-0.2, 0) is 9.53 Å². The fraction of sp³-hybridized carbons (Fsp3) is 0.875. The molecule has 0 amide bonds. The van der Waals surface area contributed by atoms with Gasteiger partial charge < -0.3 is 4.74 Å². The maximum Gasteiger partial charge on any atom is 0.302 e. The average molecular weight is 174 g/mol. The SMILES string of the molecule is CC(=O)OCC[SiH2]C(C)(C)C. The fourth-order valence-corrected chi connectivity index (χ4v) is 2.17. The van der Waals surface area contributed by atoms with Crippen molar-refractivity contribution in [2.75, 3.05) is 6.61 Å². The lowest BCUT2D eigenvalue weighted by atomic mass is 10.3. The van der Waals surface area contributed by atoms with Gasteiger partial charge in [0.1, 0.15) is 0 Å². The van der Waals surface area contributed by atoms with Gasteiger partial charge in [-0.15, -0.1) is 0 Å². The van der Waals surface area contributed by atoms with Gasteiger partial charge in [0, 0.05) is 16.4 Å². The van der Waals surface area contributed by atoms with E-state index in [0.29, 0.717) is 11.6 Å². The number of hydrogen-bond donors (Lipinski definition) is 0. The van der Waals surface area contributed by atoms with E-state index < -0.39 is 0 Å². The molecule has 0 rings (SSSR count). The minimum Gasteiger partial charge on any atom is -0.466 e. The van der Waals surface area contributed by atoms with Gasteiger partial charge in [-0.1, -0.05) is 20.8 Å². The maximum absolute atomic E-state index is 10.4. The Morgan fingerprint density at radius 1 is 1.45 bits per heavy atom. The van der Waals surface area contributed by atoms with Crippen LogP contribution in [0.5, 0.6) is 0 Å². The van der Waals surface area contributed by atoms with Crippen LogP contribution >= 0.6 is 0 Å². The van der Waals surface area contributed by atoms with Crippen LogP contribution in [0.4, 0.5) is 0 Å². The summed E-state index contributed by atoms with van der Waals surface area (Å²) < 4.78 is 4.83. The van der Waals surface area contributed by atoms with Gasteiger partial charge in [-0.3, -0.25) is 4.79 Å². The quantitative estimate of drug-likeness (QED) is 0.367. The first-order valence-electron chi connectivity index (χ1n) is 4.05. The molecule has 0 atom stereocenters. The van der Waals surface area contributed by atoms with E-state index in [0.717, 1.165) is 6.04 Å². The van der Waals surface area contributed by atoms with Crippen LogP contribution in [0, 0.1) is 0 Å². The van der Waals surface area contributed by atoms with Gasteiger partial charge in [0.05, 0.1) is 6.61 Å². The molecule has 0 aliphatic heterocycles. The predicted octanol–water partition coefficient (Wildman–Crippen LogP) is 1.35.